The minimum Gasteiger partial charge on any atom is -0.459 e. The number of hydrogen-bond acceptors (Lipinski definition) is 4. The van der Waals surface area contributed by atoms with E-state index in [0.717, 1.165) is 28.8 Å². The maximum absolute atomic E-state index is 5.87. The molecule has 0 bridgehead atoms. The largest absolute Gasteiger partial charge is 0.459 e. The lowest BCUT2D eigenvalue weighted by molar-refractivity contribution is 0.432. The van der Waals surface area contributed by atoms with Crippen molar-refractivity contribution >= 4 is 11.0 Å². The SMILES string of the molecule is CCc1ccc(CC(NN)c2cc3ccccc3o2)nc1. The summed E-state index contributed by atoms with van der Waals surface area (Å²) < 4.78 is 5.87. The fourth-order valence-electron chi connectivity index (χ4n) is 2.41. The van der Waals surface area contributed by atoms with Crippen molar-refractivity contribution in [1.82, 2.24) is 10.4 Å². The van der Waals surface area contributed by atoms with Crippen LogP contribution >= 0.6 is 0 Å². The summed E-state index contributed by atoms with van der Waals surface area (Å²) in [5.74, 6) is 6.53. The van der Waals surface area contributed by atoms with Crippen molar-refractivity contribution in [3.05, 3.63) is 65.7 Å². The van der Waals surface area contributed by atoms with Crippen molar-refractivity contribution in [2.45, 2.75) is 25.8 Å². The van der Waals surface area contributed by atoms with E-state index in [0.29, 0.717) is 6.42 Å². The number of pyridine rings is 1. The molecule has 0 amide bonds. The van der Waals surface area contributed by atoms with Crippen LogP contribution in [0.2, 0.25) is 0 Å². The van der Waals surface area contributed by atoms with Crippen LogP contribution in [0.1, 0.15) is 30.0 Å². The maximum atomic E-state index is 5.87. The van der Waals surface area contributed by atoms with Crippen molar-refractivity contribution in [3.8, 4) is 0 Å². The first-order valence-electron chi connectivity index (χ1n) is 7.18. The van der Waals surface area contributed by atoms with Gasteiger partial charge < -0.3 is 4.42 Å². The van der Waals surface area contributed by atoms with Crippen LogP contribution in [0.3, 0.4) is 0 Å². The van der Waals surface area contributed by atoms with Crippen LogP contribution in [0.15, 0.2) is 53.1 Å². The van der Waals surface area contributed by atoms with Crippen molar-refractivity contribution in [3.63, 3.8) is 0 Å². The van der Waals surface area contributed by atoms with Crippen LogP contribution in [-0.2, 0) is 12.8 Å². The Labute approximate surface area is 124 Å². The molecule has 3 rings (SSSR count). The Morgan fingerprint density at radius 3 is 2.76 bits per heavy atom. The lowest BCUT2D eigenvalue weighted by atomic mass is 10.1. The summed E-state index contributed by atoms with van der Waals surface area (Å²) in [6.45, 7) is 2.12. The van der Waals surface area contributed by atoms with Gasteiger partial charge in [0.1, 0.15) is 11.3 Å². The minimum atomic E-state index is -0.0858. The molecule has 0 saturated carbocycles. The number of benzene rings is 1. The highest BCUT2D eigenvalue weighted by Gasteiger charge is 2.16. The predicted octanol–water partition coefficient (Wildman–Crippen LogP) is 3.14. The molecule has 0 spiro atoms. The zero-order valence-electron chi connectivity index (χ0n) is 12.0. The van der Waals surface area contributed by atoms with Gasteiger partial charge >= 0.3 is 0 Å². The Hall–Kier alpha value is -2.17. The van der Waals surface area contributed by atoms with Gasteiger partial charge in [-0.25, -0.2) is 5.43 Å². The molecule has 3 N–H and O–H groups in total. The van der Waals surface area contributed by atoms with Crippen LogP contribution in [0.25, 0.3) is 11.0 Å². The van der Waals surface area contributed by atoms with E-state index in [2.05, 4.69) is 23.4 Å². The van der Waals surface area contributed by atoms with Gasteiger partial charge in [0.15, 0.2) is 0 Å². The molecule has 0 aliphatic heterocycles. The molecule has 4 nitrogen and oxygen atoms in total. The number of fused-ring (bicyclic) bond motifs is 1. The van der Waals surface area contributed by atoms with E-state index in [1.165, 1.54) is 5.56 Å². The number of rotatable bonds is 5. The molecule has 1 unspecified atom stereocenters. The lowest BCUT2D eigenvalue weighted by Gasteiger charge is -2.12. The average Bonchev–Trinajstić information content (AvgIpc) is 2.97. The molecule has 21 heavy (non-hydrogen) atoms. The number of para-hydroxylation sites is 1. The summed E-state index contributed by atoms with van der Waals surface area (Å²) in [6, 6.07) is 14.0. The molecule has 2 heterocycles. The molecule has 108 valence electrons. The first kappa shape index (κ1) is 13.8. The summed E-state index contributed by atoms with van der Waals surface area (Å²) in [7, 11) is 0. The first-order chi connectivity index (χ1) is 10.3. The van der Waals surface area contributed by atoms with Crippen molar-refractivity contribution in [1.29, 1.82) is 0 Å². The molecule has 2 aromatic heterocycles. The van der Waals surface area contributed by atoms with Crippen molar-refractivity contribution in [2.24, 2.45) is 5.84 Å². The highest BCUT2D eigenvalue weighted by atomic mass is 16.3. The van der Waals surface area contributed by atoms with Gasteiger partial charge in [0.25, 0.3) is 0 Å². The average molecular weight is 281 g/mol. The Morgan fingerprint density at radius 2 is 2.10 bits per heavy atom. The quantitative estimate of drug-likeness (QED) is 0.557. The molecule has 0 saturated heterocycles. The number of aryl methyl sites for hydroxylation is 1. The molecular weight excluding hydrogens is 262 g/mol. The number of furan rings is 1. The third-order valence-corrected chi connectivity index (χ3v) is 3.70. The van der Waals surface area contributed by atoms with Gasteiger partial charge in [-0.05, 0) is 30.2 Å². The zero-order valence-corrected chi connectivity index (χ0v) is 12.0. The fraction of sp³-hybridized carbons (Fsp3) is 0.235. The van der Waals surface area contributed by atoms with Gasteiger partial charge in [-0.15, -0.1) is 0 Å². The van der Waals surface area contributed by atoms with Crippen LogP contribution in [-0.4, -0.2) is 4.98 Å². The second kappa shape index (κ2) is 6.08. The lowest BCUT2D eigenvalue weighted by Crippen LogP contribution is -2.29. The van der Waals surface area contributed by atoms with Gasteiger partial charge in [0.05, 0.1) is 6.04 Å². The first-order valence-corrected chi connectivity index (χ1v) is 7.18. The van der Waals surface area contributed by atoms with Gasteiger partial charge in [-0.1, -0.05) is 31.2 Å². The predicted molar refractivity (Wildman–Crippen MR) is 83.6 cm³/mol. The molecule has 0 radical (unpaired) electrons. The van der Waals surface area contributed by atoms with E-state index in [4.69, 9.17) is 10.3 Å². The molecule has 1 aromatic carbocycles. The van der Waals surface area contributed by atoms with E-state index in [9.17, 15) is 0 Å². The maximum Gasteiger partial charge on any atom is 0.134 e. The smallest absolute Gasteiger partial charge is 0.134 e. The Morgan fingerprint density at radius 1 is 1.24 bits per heavy atom. The monoisotopic (exact) mass is 281 g/mol. The summed E-state index contributed by atoms with van der Waals surface area (Å²) in [5.41, 5.74) is 5.93. The summed E-state index contributed by atoms with van der Waals surface area (Å²) in [6.07, 6.45) is 3.61. The Kier molecular flexibility index (Phi) is 3.99. The number of aromatic nitrogens is 1. The number of nitrogens with zero attached hydrogens (tertiary/aromatic N) is 1. The van der Waals surface area contributed by atoms with Crippen LogP contribution in [0.5, 0.6) is 0 Å². The Balaban J connectivity index is 1.83. The van der Waals surface area contributed by atoms with Gasteiger partial charge in [0, 0.05) is 23.7 Å². The van der Waals surface area contributed by atoms with Gasteiger partial charge in [-0.3, -0.25) is 10.8 Å². The zero-order chi connectivity index (χ0) is 14.7. The molecule has 1 atom stereocenters. The van der Waals surface area contributed by atoms with E-state index in [1.807, 2.05) is 42.6 Å². The number of nitrogens with two attached hydrogens (primary N) is 1. The molecule has 4 heteroatoms. The Bertz CT molecular complexity index is 685. The number of nitrogens with one attached hydrogen (secondary N) is 1. The molecule has 0 aliphatic rings. The van der Waals surface area contributed by atoms with Crippen LogP contribution in [0, 0.1) is 0 Å². The topological polar surface area (TPSA) is 64.1 Å². The molecule has 0 aliphatic carbocycles. The van der Waals surface area contributed by atoms with Crippen LogP contribution < -0.4 is 11.3 Å². The molecule has 3 aromatic rings. The van der Waals surface area contributed by atoms with E-state index in [-0.39, 0.29) is 6.04 Å². The number of hydrazine groups is 1. The van der Waals surface area contributed by atoms with Gasteiger partial charge in [-0.2, -0.15) is 0 Å². The molecule has 0 fully saturated rings. The van der Waals surface area contributed by atoms with E-state index < -0.39 is 0 Å². The third kappa shape index (κ3) is 2.96. The second-order valence-corrected chi connectivity index (χ2v) is 5.12. The van der Waals surface area contributed by atoms with Crippen molar-refractivity contribution < 1.29 is 4.42 Å². The van der Waals surface area contributed by atoms with E-state index >= 15 is 0 Å². The van der Waals surface area contributed by atoms with Crippen molar-refractivity contribution in [2.75, 3.05) is 0 Å². The van der Waals surface area contributed by atoms with Crippen LogP contribution in [0.4, 0.5) is 0 Å². The minimum absolute atomic E-state index is 0.0858. The fourth-order valence-corrected chi connectivity index (χ4v) is 2.41. The second-order valence-electron chi connectivity index (χ2n) is 5.12. The highest BCUT2D eigenvalue weighted by Crippen LogP contribution is 2.25. The standard InChI is InChI=1S/C17H19N3O/c1-2-12-7-8-14(19-11-12)10-15(20-18)17-9-13-5-3-4-6-16(13)21-17/h3-9,11,15,20H,2,10,18H2,1H3. The van der Waals surface area contributed by atoms with E-state index in [1.54, 1.807) is 0 Å². The summed E-state index contributed by atoms with van der Waals surface area (Å²) >= 11 is 0. The number of hydrogen-bond donors (Lipinski definition) is 2. The third-order valence-electron chi connectivity index (χ3n) is 3.70. The van der Waals surface area contributed by atoms with Gasteiger partial charge in [0.2, 0.25) is 0 Å². The summed E-state index contributed by atoms with van der Waals surface area (Å²) in [5, 5.41) is 1.09. The normalized spacial score (nSPS) is 12.7. The summed E-state index contributed by atoms with van der Waals surface area (Å²) in [4.78, 5) is 4.48. The molecular formula is C17H19N3O. The highest BCUT2D eigenvalue weighted by molar-refractivity contribution is 5.77.